The Morgan fingerprint density at radius 1 is 1.42 bits per heavy atom. The second-order valence-corrected chi connectivity index (χ2v) is 3.99. The summed E-state index contributed by atoms with van der Waals surface area (Å²) in [5.74, 6) is 0.442. The van der Waals surface area contributed by atoms with Crippen LogP contribution in [0.5, 0.6) is 0 Å². The van der Waals surface area contributed by atoms with Crippen molar-refractivity contribution in [3.05, 3.63) is 0 Å². The van der Waals surface area contributed by atoms with Gasteiger partial charge < -0.3 is 0 Å². The number of ketones is 1. The van der Waals surface area contributed by atoms with Crippen molar-refractivity contribution in [3.63, 3.8) is 0 Å². The lowest BCUT2D eigenvalue weighted by Crippen LogP contribution is -2.43. The average molecular weight is 169 g/mol. The first kappa shape index (κ1) is 9.72. The highest BCUT2D eigenvalue weighted by atomic mass is 16.1. The lowest BCUT2D eigenvalue weighted by molar-refractivity contribution is -0.126. The fourth-order valence-electron chi connectivity index (χ4n) is 1.76. The Morgan fingerprint density at radius 3 is 2.58 bits per heavy atom. The maximum absolute atomic E-state index is 11.5. The van der Waals surface area contributed by atoms with Crippen molar-refractivity contribution < 1.29 is 4.79 Å². The van der Waals surface area contributed by atoms with Crippen LogP contribution in [0.4, 0.5) is 0 Å². The van der Waals surface area contributed by atoms with E-state index in [0.717, 1.165) is 19.3 Å². The Bertz CT molecular complexity index is 165. The van der Waals surface area contributed by atoms with Crippen molar-refractivity contribution in [3.8, 4) is 0 Å². The Hall–Kier alpha value is -0.370. The molecule has 0 N–H and O–H groups in total. The summed E-state index contributed by atoms with van der Waals surface area (Å²) in [5, 5.41) is 0. The van der Waals surface area contributed by atoms with E-state index in [-0.39, 0.29) is 6.04 Å². The summed E-state index contributed by atoms with van der Waals surface area (Å²) in [6, 6.07) is 0.691. The molecule has 0 bridgehead atoms. The Kier molecular flexibility index (Phi) is 3.27. The van der Waals surface area contributed by atoms with Crippen LogP contribution in [0.3, 0.4) is 0 Å². The van der Waals surface area contributed by atoms with Crippen LogP contribution >= 0.6 is 0 Å². The zero-order valence-electron chi connectivity index (χ0n) is 8.34. The largest absolute Gasteiger partial charge is 0.298 e. The Labute approximate surface area is 74.9 Å². The first-order valence-electron chi connectivity index (χ1n) is 4.87. The number of rotatable bonds is 2. The van der Waals surface area contributed by atoms with Crippen LogP contribution in [0.2, 0.25) is 0 Å². The van der Waals surface area contributed by atoms with Crippen LogP contribution in [0, 0.1) is 0 Å². The van der Waals surface area contributed by atoms with Gasteiger partial charge in [-0.15, -0.1) is 0 Å². The monoisotopic (exact) mass is 169 g/mol. The fraction of sp³-hybridized carbons (Fsp3) is 0.900. The van der Waals surface area contributed by atoms with Gasteiger partial charge >= 0.3 is 0 Å². The minimum absolute atomic E-state index is 0.207. The molecular formula is C10H19NO. The molecule has 1 fully saturated rings. The molecule has 70 valence electrons. The maximum Gasteiger partial charge on any atom is 0.149 e. The van der Waals surface area contributed by atoms with Gasteiger partial charge in [0, 0.05) is 12.5 Å². The standard InChI is InChI=1S/C10H19NO/c1-8(2)11(3)9-6-4-5-7-10(9)12/h8-9H,4-7H2,1-3H3. The maximum atomic E-state index is 11.5. The third kappa shape index (κ3) is 2.07. The molecule has 0 spiro atoms. The second-order valence-electron chi connectivity index (χ2n) is 3.99. The van der Waals surface area contributed by atoms with Gasteiger partial charge in [0.2, 0.25) is 0 Å². The minimum atomic E-state index is 0.207. The van der Waals surface area contributed by atoms with Crippen molar-refractivity contribution in [2.24, 2.45) is 0 Å². The Morgan fingerprint density at radius 2 is 2.08 bits per heavy atom. The highest BCUT2D eigenvalue weighted by Crippen LogP contribution is 2.19. The number of hydrogen-bond donors (Lipinski definition) is 0. The van der Waals surface area contributed by atoms with Gasteiger partial charge in [-0.3, -0.25) is 9.69 Å². The van der Waals surface area contributed by atoms with Gasteiger partial charge in [-0.05, 0) is 33.7 Å². The molecular weight excluding hydrogens is 150 g/mol. The molecule has 1 aliphatic rings. The molecule has 0 radical (unpaired) electrons. The molecule has 0 aliphatic heterocycles. The molecule has 0 amide bonds. The van der Waals surface area contributed by atoms with Crippen LogP contribution in [0.15, 0.2) is 0 Å². The topological polar surface area (TPSA) is 20.3 Å². The molecule has 1 aliphatic carbocycles. The molecule has 2 heteroatoms. The van der Waals surface area contributed by atoms with Crippen LogP contribution in [0.25, 0.3) is 0 Å². The van der Waals surface area contributed by atoms with Gasteiger partial charge in [0.05, 0.1) is 6.04 Å². The van der Waals surface area contributed by atoms with Crippen molar-refractivity contribution in [2.45, 2.75) is 51.6 Å². The number of carbonyl (C=O) groups excluding carboxylic acids is 1. The lowest BCUT2D eigenvalue weighted by atomic mass is 9.92. The molecule has 12 heavy (non-hydrogen) atoms. The van der Waals surface area contributed by atoms with E-state index >= 15 is 0 Å². The summed E-state index contributed by atoms with van der Waals surface area (Å²) in [7, 11) is 2.05. The van der Waals surface area contributed by atoms with E-state index < -0.39 is 0 Å². The third-order valence-corrected chi connectivity index (χ3v) is 2.83. The predicted molar refractivity (Wildman–Crippen MR) is 50.2 cm³/mol. The fourth-order valence-corrected chi connectivity index (χ4v) is 1.76. The first-order valence-corrected chi connectivity index (χ1v) is 4.87. The average Bonchev–Trinajstić information content (AvgIpc) is 2.04. The first-order chi connectivity index (χ1) is 5.63. The van der Waals surface area contributed by atoms with Gasteiger partial charge in [0.15, 0.2) is 0 Å². The van der Waals surface area contributed by atoms with Crippen LogP contribution < -0.4 is 0 Å². The summed E-state index contributed by atoms with van der Waals surface area (Å²) in [4.78, 5) is 13.7. The van der Waals surface area contributed by atoms with Gasteiger partial charge in [0.1, 0.15) is 5.78 Å². The second kappa shape index (κ2) is 4.04. The smallest absolute Gasteiger partial charge is 0.149 e. The Balaban J connectivity index is 2.53. The quantitative estimate of drug-likeness (QED) is 0.628. The molecule has 1 rings (SSSR count). The summed E-state index contributed by atoms with van der Waals surface area (Å²) in [5.41, 5.74) is 0. The highest BCUT2D eigenvalue weighted by Gasteiger charge is 2.26. The van der Waals surface area contributed by atoms with Gasteiger partial charge in [0.25, 0.3) is 0 Å². The number of nitrogens with zero attached hydrogens (tertiary/aromatic N) is 1. The molecule has 1 saturated carbocycles. The molecule has 2 nitrogen and oxygen atoms in total. The van der Waals surface area contributed by atoms with Crippen molar-refractivity contribution >= 4 is 5.78 Å². The van der Waals surface area contributed by atoms with Crippen molar-refractivity contribution in [2.75, 3.05) is 7.05 Å². The van der Waals surface area contributed by atoms with E-state index in [1.165, 1.54) is 6.42 Å². The molecule has 0 aromatic rings. The lowest BCUT2D eigenvalue weighted by Gasteiger charge is -2.32. The predicted octanol–water partition coefficient (Wildman–Crippen LogP) is 1.84. The van der Waals surface area contributed by atoms with Crippen molar-refractivity contribution in [1.82, 2.24) is 4.90 Å². The summed E-state index contributed by atoms with van der Waals surface area (Å²) >= 11 is 0. The normalized spacial score (nSPS) is 25.4. The number of hydrogen-bond acceptors (Lipinski definition) is 2. The van der Waals surface area contributed by atoms with Crippen molar-refractivity contribution in [1.29, 1.82) is 0 Å². The van der Waals surface area contributed by atoms with Gasteiger partial charge in [-0.25, -0.2) is 0 Å². The SMILES string of the molecule is CC(C)N(C)C1CCCCC1=O. The number of likely N-dealkylation sites (N-methyl/N-ethyl adjacent to an activating group) is 1. The molecule has 0 aromatic carbocycles. The molecule has 0 heterocycles. The van der Waals surface area contributed by atoms with Gasteiger partial charge in [-0.2, -0.15) is 0 Å². The summed E-state index contributed by atoms with van der Waals surface area (Å²) < 4.78 is 0. The van der Waals surface area contributed by atoms with Gasteiger partial charge in [-0.1, -0.05) is 6.42 Å². The molecule has 1 unspecified atom stereocenters. The molecule has 0 saturated heterocycles. The zero-order valence-corrected chi connectivity index (χ0v) is 8.34. The zero-order chi connectivity index (χ0) is 9.14. The van der Waals surface area contributed by atoms with Crippen LogP contribution in [0.1, 0.15) is 39.5 Å². The molecule has 0 aromatic heterocycles. The number of carbonyl (C=O) groups is 1. The highest BCUT2D eigenvalue weighted by molar-refractivity contribution is 5.84. The van der Waals surface area contributed by atoms with Crippen LogP contribution in [-0.2, 0) is 4.79 Å². The van der Waals surface area contributed by atoms with E-state index in [1.807, 2.05) is 0 Å². The summed E-state index contributed by atoms with van der Waals surface area (Å²) in [6.07, 6.45) is 4.17. The van der Waals surface area contributed by atoms with E-state index in [4.69, 9.17) is 0 Å². The van der Waals surface area contributed by atoms with E-state index in [0.29, 0.717) is 11.8 Å². The third-order valence-electron chi connectivity index (χ3n) is 2.83. The number of Topliss-reactive ketones (excluding diaryl/α,β-unsaturated/α-hetero) is 1. The summed E-state index contributed by atoms with van der Waals surface area (Å²) in [6.45, 7) is 4.28. The molecule has 1 atom stereocenters. The van der Waals surface area contributed by atoms with Crippen LogP contribution in [-0.4, -0.2) is 29.8 Å². The van der Waals surface area contributed by atoms with E-state index in [9.17, 15) is 4.79 Å². The minimum Gasteiger partial charge on any atom is -0.298 e. The van der Waals surface area contributed by atoms with E-state index in [1.54, 1.807) is 0 Å². The van der Waals surface area contributed by atoms with E-state index in [2.05, 4.69) is 25.8 Å².